The second-order valence-corrected chi connectivity index (χ2v) is 11.9. The summed E-state index contributed by atoms with van der Waals surface area (Å²) < 4.78 is 2.72. The van der Waals surface area contributed by atoms with Gasteiger partial charge < -0.3 is 9.88 Å². The summed E-state index contributed by atoms with van der Waals surface area (Å²) in [5.41, 5.74) is 3.26. The molecule has 1 aromatic heterocycles. The first-order chi connectivity index (χ1) is 17.0. The molecule has 35 heavy (non-hydrogen) atoms. The largest absolute Gasteiger partial charge is 0.352 e. The Bertz CT molecular complexity index is 1160. The Labute approximate surface area is 217 Å². The Hall–Kier alpha value is -2.12. The first kappa shape index (κ1) is 24.6. The summed E-state index contributed by atoms with van der Waals surface area (Å²) in [6, 6.07) is 6.58. The molecule has 0 unspecified atom stereocenters. The van der Waals surface area contributed by atoms with Gasteiger partial charge in [-0.1, -0.05) is 87.6 Å². The average Bonchev–Trinajstić information content (AvgIpc) is 3.64. The van der Waals surface area contributed by atoms with Crippen LogP contribution in [0, 0.1) is 5.92 Å². The van der Waals surface area contributed by atoms with E-state index in [4.69, 9.17) is 12.2 Å². The smallest absolute Gasteiger partial charge is 0.266 e. The van der Waals surface area contributed by atoms with Gasteiger partial charge in [-0.2, -0.15) is 0 Å². The zero-order chi connectivity index (χ0) is 24.4. The lowest BCUT2D eigenvalue weighted by atomic mass is 10.0. The summed E-state index contributed by atoms with van der Waals surface area (Å²) in [7, 11) is 0. The van der Waals surface area contributed by atoms with Gasteiger partial charge in [-0.15, -0.1) is 0 Å². The number of carbonyl (C=O) groups is 2. The molecule has 2 amide bonds. The first-order valence-corrected chi connectivity index (χ1v) is 14.4. The molecule has 2 heterocycles. The number of hydrogen-bond acceptors (Lipinski definition) is 4. The third-order valence-electron chi connectivity index (χ3n) is 7.82. The zero-order valence-electron chi connectivity index (χ0n) is 20.6. The van der Waals surface area contributed by atoms with Crippen LogP contribution in [0.1, 0.15) is 75.8 Å². The lowest BCUT2D eigenvalue weighted by Crippen LogP contribution is -2.35. The van der Waals surface area contributed by atoms with Crippen molar-refractivity contribution >= 4 is 57.1 Å². The molecule has 2 aromatic rings. The van der Waals surface area contributed by atoms with E-state index in [0.717, 1.165) is 54.6 Å². The molecule has 7 heteroatoms. The molecule has 3 fully saturated rings. The summed E-state index contributed by atoms with van der Waals surface area (Å²) in [5, 5.41) is 4.29. The van der Waals surface area contributed by atoms with Gasteiger partial charge in [0.25, 0.3) is 5.91 Å². The van der Waals surface area contributed by atoms with E-state index in [-0.39, 0.29) is 11.8 Å². The molecule has 5 rings (SSSR count). The Morgan fingerprint density at radius 1 is 1.17 bits per heavy atom. The highest BCUT2D eigenvalue weighted by molar-refractivity contribution is 8.26. The number of aryl methyl sites for hydroxylation is 1. The number of thiocarbonyl (C=S) groups is 1. The minimum atomic E-state index is 0.0181. The fourth-order valence-electron chi connectivity index (χ4n) is 5.93. The predicted octanol–water partition coefficient (Wildman–Crippen LogP) is 6.04. The van der Waals surface area contributed by atoms with Crippen LogP contribution in [0.2, 0.25) is 0 Å². The number of nitrogens with zero attached hydrogens (tertiary/aromatic N) is 2. The third kappa shape index (κ3) is 5.36. The van der Waals surface area contributed by atoms with Crippen molar-refractivity contribution in [1.82, 2.24) is 14.8 Å². The monoisotopic (exact) mass is 509 g/mol. The summed E-state index contributed by atoms with van der Waals surface area (Å²) in [5.74, 6) is 0.804. The molecule has 0 atom stereocenters. The summed E-state index contributed by atoms with van der Waals surface area (Å²) in [6.07, 6.45) is 15.6. The molecule has 1 saturated heterocycles. The topological polar surface area (TPSA) is 54.3 Å². The van der Waals surface area contributed by atoms with E-state index in [0.29, 0.717) is 21.8 Å². The number of hydrogen-bond donors (Lipinski definition) is 1. The number of carbonyl (C=O) groups excluding carboxylic acids is 2. The molecule has 2 aliphatic carbocycles. The van der Waals surface area contributed by atoms with Crippen LogP contribution in [-0.4, -0.2) is 38.2 Å². The van der Waals surface area contributed by atoms with Gasteiger partial charge in [0, 0.05) is 29.7 Å². The summed E-state index contributed by atoms with van der Waals surface area (Å²) >= 11 is 6.99. The average molecular weight is 510 g/mol. The second-order valence-electron chi connectivity index (χ2n) is 10.2. The highest BCUT2D eigenvalue weighted by atomic mass is 32.2. The van der Waals surface area contributed by atoms with Gasteiger partial charge in [-0.05, 0) is 43.2 Å². The van der Waals surface area contributed by atoms with E-state index < -0.39 is 0 Å². The Kier molecular flexibility index (Phi) is 7.63. The highest BCUT2D eigenvalue weighted by Crippen LogP contribution is 2.36. The molecule has 5 nitrogen and oxygen atoms in total. The number of thioether (sulfide) groups is 1. The molecule has 1 N–H and O–H groups in total. The van der Waals surface area contributed by atoms with Crippen molar-refractivity contribution in [3.8, 4) is 0 Å². The van der Waals surface area contributed by atoms with E-state index in [1.807, 2.05) is 12.3 Å². The number of rotatable bonds is 8. The quantitative estimate of drug-likeness (QED) is 0.348. The third-order valence-corrected chi connectivity index (χ3v) is 9.20. The van der Waals surface area contributed by atoms with Crippen molar-refractivity contribution in [2.45, 2.75) is 83.7 Å². The van der Waals surface area contributed by atoms with Crippen molar-refractivity contribution < 1.29 is 9.59 Å². The van der Waals surface area contributed by atoms with E-state index in [9.17, 15) is 9.59 Å². The number of amides is 2. The normalized spacial score (nSPS) is 20.7. The van der Waals surface area contributed by atoms with Crippen LogP contribution < -0.4 is 5.32 Å². The molecular weight excluding hydrogens is 474 g/mol. The van der Waals surface area contributed by atoms with E-state index >= 15 is 0 Å². The molecule has 0 bridgehead atoms. The molecule has 1 aliphatic heterocycles. The fourth-order valence-corrected chi connectivity index (χ4v) is 7.23. The van der Waals surface area contributed by atoms with Crippen LogP contribution in [0.4, 0.5) is 0 Å². The Balaban J connectivity index is 1.39. The molecule has 3 aliphatic rings. The van der Waals surface area contributed by atoms with Crippen LogP contribution in [0.15, 0.2) is 29.3 Å². The lowest BCUT2D eigenvalue weighted by molar-refractivity contribution is -0.123. The summed E-state index contributed by atoms with van der Waals surface area (Å²) in [4.78, 5) is 28.6. The van der Waals surface area contributed by atoms with Gasteiger partial charge in [0.15, 0.2) is 0 Å². The maximum absolute atomic E-state index is 13.2. The first-order valence-electron chi connectivity index (χ1n) is 13.2. The van der Waals surface area contributed by atoms with Crippen LogP contribution >= 0.6 is 24.0 Å². The van der Waals surface area contributed by atoms with Gasteiger partial charge >= 0.3 is 0 Å². The predicted molar refractivity (Wildman–Crippen MR) is 148 cm³/mol. The second kappa shape index (κ2) is 10.9. The number of nitrogens with one attached hydrogen (secondary N) is 1. The van der Waals surface area contributed by atoms with Gasteiger partial charge in [0.05, 0.1) is 10.4 Å². The molecule has 0 radical (unpaired) electrons. The molecule has 1 aromatic carbocycles. The summed E-state index contributed by atoms with van der Waals surface area (Å²) in [6.45, 7) is 3.15. The van der Waals surface area contributed by atoms with Gasteiger partial charge in [-0.3, -0.25) is 14.5 Å². The standard InChI is InChI=1S/C28H35N3O2S2/c1-2-20-10-7-13-23-21(17-30(26(20)23)18-25(32)29-22-11-5-6-12-22)16-24-27(33)31(28(34)35-24)15-14-19-8-3-4-9-19/h7,10,13,16-17,19,22H,2-6,8-9,11-12,14-15,18H2,1H3,(H,29,32)/b24-16-. The molecule has 186 valence electrons. The number of benzene rings is 1. The van der Waals surface area contributed by atoms with Gasteiger partial charge in [0.1, 0.15) is 10.9 Å². The maximum Gasteiger partial charge on any atom is 0.266 e. The SMILES string of the molecule is CCc1cccc2c(/C=C3\SC(=S)N(CCC4CCCC4)C3=O)cn(CC(=O)NC3CCCC3)c12. The van der Waals surface area contributed by atoms with Gasteiger partial charge in [-0.25, -0.2) is 0 Å². The van der Waals surface area contributed by atoms with Crippen molar-refractivity contribution in [1.29, 1.82) is 0 Å². The van der Waals surface area contributed by atoms with Crippen molar-refractivity contribution in [3.63, 3.8) is 0 Å². The highest BCUT2D eigenvalue weighted by Gasteiger charge is 2.33. The van der Waals surface area contributed by atoms with Crippen LogP contribution in [0.5, 0.6) is 0 Å². The Morgan fingerprint density at radius 2 is 1.91 bits per heavy atom. The molecule has 0 spiro atoms. The fraction of sp³-hybridized carbons (Fsp3) is 0.536. The maximum atomic E-state index is 13.2. The van der Waals surface area contributed by atoms with Crippen molar-refractivity contribution in [3.05, 3.63) is 40.4 Å². The minimum absolute atomic E-state index is 0.0181. The van der Waals surface area contributed by atoms with Crippen LogP contribution in [-0.2, 0) is 22.6 Å². The van der Waals surface area contributed by atoms with E-state index in [1.54, 1.807) is 4.90 Å². The van der Waals surface area contributed by atoms with E-state index in [2.05, 4.69) is 35.0 Å². The van der Waals surface area contributed by atoms with E-state index in [1.165, 1.54) is 55.9 Å². The Morgan fingerprint density at radius 3 is 2.66 bits per heavy atom. The lowest BCUT2D eigenvalue weighted by Gasteiger charge is -2.17. The zero-order valence-corrected chi connectivity index (χ0v) is 22.2. The number of aromatic nitrogens is 1. The molecule has 2 saturated carbocycles. The number of fused-ring (bicyclic) bond motifs is 1. The van der Waals surface area contributed by atoms with Crippen molar-refractivity contribution in [2.75, 3.05) is 6.54 Å². The minimum Gasteiger partial charge on any atom is -0.352 e. The van der Waals surface area contributed by atoms with Crippen molar-refractivity contribution in [2.24, 2.45) is 5.92 Å². The van der Waals surface area contributed by atoms with Gasteiger partial charge in [0.2, 0.25) is 5.91 Å². The van der Waals surface area contributed by atoms with Crippen LogP contribution in [0.3, 0.4) is 0 Å². The van der Waals surface area contributed by atoms with Crippen LogP contribution in [0.25, 0.3) is 17.0 Å². The number of para-hydroxylation sites is 1. The molecular formula is C28H35N3O2S2.